The predicted molar refractivity (Wildman–Crippen MR) is 50.2 cm³/mol. The molecule has 0 aliphatic carbocycles. The van der Waals surface area contributed by atoms with Crippen LogP contribution in [0.4, 0.5) is 0 Å². The smallest absolute Gasteiger partial charge is 0.354 e. The zero-order chi connectivity index (χ0) is 10.3. The number of hydrogen-bond donors (Lipinski definition) is 1. The van der Waals surface area contributed by atoms with Crippen LogP contribution in [0.1, 0.15) is 16.1 Å². The average molecular weight is 191 g/mol. The number of rotatable bonds is 1. The molecule has 2 heterocycles. The van der Waals surface area contributed by atoms with Gasteiger partial charge in [-0.05, 0) is 18.6 Å². The summed E-state index contributed by atoms with van der Waals surface area (Å²) in [5.74, 6) is -1.01. The van der Waals surface area contributed by atoms with E-state index in [1.807, 2.05) is 6.92 Å². The zero-order valence-electron chi connectivity index (χ0n) is 7.85. The van der Waals surface area contributed by atoms with Gasteiger partial charge in [-0.1, -0.05) is 0 Å². The highest BCUT2D eigenvalue weighted by atomic mass is 16.4. The van der Waals surface area contributed by atoms with E-state index in [1.54, 1.807) is 24.0 Å². The molecule has 2 aromatic rings. The summed E-state index contributed by atoms with van der Waals surface area (Å²) in [4.78, 5) is 14.7. The lowest BCUT2D eigenvalue weighted by molar-refractivity contribution is 0.0691. The molecule has 14 heavy (non-hydrogen) atoms. The number of carboxylic acid groups (broad SMARTS) is 1. The lowest BCUT2D eigenvalue weighted by Gasteiger charge is -2.00. The number of hydrogen-bond acceptors (Lipinski definition) is 3. The fourth-order valence-corrected chi connectivity index (χ4v) is 1.51. The van der Waals surface area contributed by atoms with Crippen LogP contribution >= 0.6 is 0 Å². The molecule has 2 rings (SSSR count). The maximum absolute atomic E-state index is 10.7. The van der Waals surface area contributed by atoms with E-state index in [-0.39, 0.29) is 5.69 Å². The molecule has 72 valence electrons. The van der Waals surface area contributed by atoms with Crippen molar-refractivity contribution in [2.45, 2.75) is 6.92 Å². The van der Waals surface area contributed by atoms with Crippen molar-refractivity contribution < 1.29 is 9.90 Å². The molecule has 0 bridgehead atoms. The van der Waals surface area contributed by atoms with Crippen LogP contribution in [0.3, 0.4) is 0 Å². The van der Waals surface area contributed by atoms with Gasteiger partial charge in [0.2, 0.25) is 0 Å². The van der Waals surface area contributed by atoms with Gasteiger partial charge in [0.15, 0.2) is 0 Å². The number of carboxylic acids is 1. The minimum absolute atomic E-state index is 0.0583. The van der Waals surface area contributed by atoms with E-state index in [4.69, 9.17) is 5.11 Å². The first kappa shape index (κ1) is 8.68. The first-order valence-electron chi connectivity index (χ1n) is 4.12. The Balaban J connectivity index is 2.80. The van der Waals surface area contributed by atoms with Gasteiger partial charge < -0.3 is 5.11 Å². The number of carbonyl (C=O) groups is 1. The third-order valence-corrected chi connectivity index (χ3v) is 2.11. The number of aromatic nitrogens is 3. The standard InChI is InChI=1S/C9H9N3O2/c1-5-3-6(9(13)14)11-7-4-10-12(2)8(5)7/h3-4H,1-2H3,(H,13,14). The second-order valence-electron chi connectivity index (χ2n) is 3.13. The predicted octanol–water partition coefficient (Wildman–Crippen LogP) is 0.975. The van der Waals surface area contributed by atoms with Gasteiger partial charge in [-0.2, -0.15) is 5.10 Å². The van der Waals surface area contributed by atoms with E-state index in [2.05, 4.69) is 10.1 Å². The van der Waals surface area contributed by atoms with E-state index < -0.39 is 5.97 Å². The molecule has 0 radical (unpaired) electrons. The second-order valence-corrected chi connectivity index (χ2v) is 3.13. The summed E-state index contributed by atoms with van der Waals surface area (Å²) in [6.45, 7) is 1.85. The SMILES string of the molecule is Cc1cc(C(=O)O)nc2cnn(C)c12. The van der Waals surface area contributed by atoms with Crippen LogP contribution in [0.25, 0.3) is 11.0 Å². The fraction of sp³-hybridized carbons (Fsp3) is 0.222. The van der Waals surface area contributed by atoms with Crippen molar-refractivity contribution in [2.75, 3.05) is 0 Å². The summed E-state index contributed by atoms with van der Waals surface area (Å²) in [6, 6.07) is 1.55. The zero-order valence-corrected chi connectivity index (χ0v) is 7.85. The Morgan fingerprint density at radius 3 is 2.93 bits per heavy atom. The Labute approximate surface area is 80.0 Å². The minimum atomic E-state index is -1.01. The highest BCUT2D eigenvalue weighted by Gasteiger charge is 2.10. The van der Waals surface area contributed by atoms with E-state index in [9.17, 15) is 4.79 Å². The summed E-state index contributed by atoms with van der Waals surface area (Å²) in [7, 11) is 1.80. The molecule has 0 saturated heterocycles. The van der Waals surface area contributed by atoms with Gasteiger partial charge >= 0.3 is 5.97 Å². The van der Waals surface area contributed by atoms with E-state index >= 15 is 0 Å². The average Bonchev–Trinajstić information content (AvgIpc) is 2.48. The second kappa shape index (κ2) is 2.80. The molecular formula is C9H9N3O2. The van der Waals surface area contributed by atoms with Gasteiger partial charge in [-0.15, -0.1) is 0 Å². The van der Waals surface area contributed by atoms with Crippen LogP contribution in [0.5, 0.6) is 0 Å². The van der Waals surface area contributed by atoms with Crippen molar-refractivity contribution in [3.8, 4) is 0 Å². The Morgan fingerprint density at radius 1 is 1.57 bits per heavy atom. The summed E-state index contributed by atoms with van der Waals surface area (Å²) >= 11 is 0. The molecule has 0 unspecified atom stereocenters. The molecule has 0 amide bonds. The molecule has 0 aliphatic heterocycles. The molecule has 0 atom stereocenters. The summed E-state index contributed by atoms with van der Waals surface area (Å²) in [5, 5.41) is 12.8. The van der Waals surface area contributed by atoms with Gasteiger partial charge in [0.25, 0.3) is 0 Å². The highest BCUT2D eigenvalue weighted by Crippen LogP contribution is 2.16. The Hall–Kier alpha value is -1.91. The van der Waals surface area contributed by atoms with Gasteiger partial charge in [0.05, 0.1) is 11.7 Å². The third-order valence-electron chi connectivity index (χ3n) is 2.11. The van der Waals surface area contributed by atoms with Crippen molar-refractivity contribution in [1.29, 1.82) is 0 Å². The van der Waals surface area contributed by atoms with E-state index in [0.717, 1.165) is 11.1 Å². The van der Waals surface area contributed by atoms with Crippen LogP contribution in [0, 0.1) is 6.92 Å². The van der Waals surface area contributed by atoms with E-state index in [0.29, 0.717) is 5.52 Å². The van der Waals surface area contributed by atoms with Crippen LogP contribution in [-0.2, 0) is 7.05 Å². The lowest BCUT2D eigenvalue weighted by atomic mass is 10.2. The monoisotopic (exact) mass is 191 g/mol. The van der Waals surface area contributed by atoms with Crippen molar-refractivity contribution in [2.24, 2.45) is 7.05 Å². The van der Waals surface area contributed by atoms with Crippen molar-refractivity contribution >= 4 is 17.0 Å². The minimum Gasteiger partial charge on any atom is -0.477 e. The third kappa shape index (κ3) is 1.14. The summed E-state index contributed by atoms with van der Waals surface area (Å²) < 4.78 is 1.68. The molecule has 0 saturated carbocycles. The quantitative estimate of drug-likeness (QED) is 0.729. The lowest BCUT2D eigenvalue weighted by Crippen LogP contribution is -2.01. The highest BCUT2D eigenvalue weighted by molar-refractivity contribution is 5.90. The van der Waals surface area contributed by atoms with Gasteiger partial charge in [-0.3, -0.25) is 4.68 Å². The van der Waals surface area contributed by atoms with Crippen molar-refractivity contribution in [3.05, 3.63) is 23.5 Å². The molecular weight excluding hydrogens is 182 g/mol. The molecule has 0 aromatic carbocycles. The topological polar surface area (TPSA) is 68.0 Å². The molecule has 0 fully saturated rings. The molecule has 0 aliphatic rings. The maximum Gasteiger partial charge on any atom is 0.354 e. The van der Waals surface area contributed by atoms with Crippen molar-refractivity contribution in [3.63, 3.8) is 0 Å². The maximum atomic E-state index is 10.7. The number of fused-ring (bicyclic) bond motifs is 1. The number of nitrogens with zero attached hydrogens (tertiary/aromatic N) is 3. The van der Waals surface area contributed by atoms with Crippen LogP contribution in [-0.4, -0.2) is 25.8 Å². The van der Waals surface area contributed by atoms with Gasteiger partial charge in [0.1, 0.15) is 11.2 Å². The molecule has 0 spiro atoms. The Kier molecular flexibility index (Phi) is 1.73. The molecule has 2 aromatic heterocycles. The Morgan fingerprint density at radius 2 is 2.29 bits per heavy atom. The largest absolute Gasteiger partial charge is 0.477 e. The first-order chi connectivity index (χ1) is 6.59. The normalized spacial score (nSPS) is 10.7. The van der Waals surface area contributed by atoms with Crippen LogP contribution in [0.15, 0.2) is 12.3 Å². The molecule has 5 heteroatoms. The number of pyridine rings is 1. The summed E-state index contributed by atoms with van der Waals surface area (Å²) in [6.07, 6.45) is 1.56. The van der Waals surface area contributed by atoms with E-state index in [1.165, 1.54) is 0 Å². The summed E-state index contributed by atoms with van der Waals surface area (Å²) in [5.41, 5.74) is 2.41. The van der Waals surface area contributed by atoms with Crippen molar-refractivity contribution in [1.82, 2.24) is 14.8 Å². The van der Waals surface area contributed by atoms with Crippen LogP contribution in [0.2, 0.25) is 0 Å². The number of aryl methyl sites for hydroxylation is 2. The van der Waals surface area contributed by atoms with Gasteiger partial charge in [-0.25, -0.2) is 9.78 Å². The van der Waals surface area contributed by atoms with Crippen LogP contribution < -0.4 is 0 Å². The molecule has 1 N–H and O–H groups in total. The van der Waals surface area contributed by atoms with Gasteiger partial charge in [0, 0.05) is 7.05 Å². The Bertz CT molecular complexity index is 516. The molecule has 5 nitrogen and oxygen atoms in total. The number of aromatic carboxylic acids is 1. The first-order valence-corrected chi connectivity index (χ1v) is 4.12. The fourth-order valence-electron chi connectivity index (χ4n) is 1.51.